The summed E-state index contributed by atoms with van der Waals surface area (Å²) in [5.41, 5.74) is 2.28. The summed E-state index contributed by atoms with van der Waals surface area (Å²) < 4.78 is 1.53. The van der Waals surface area contributed by atoms with E-state index in [1.807, 2.05) is 6.92 Å². The standard InChI is InChI=1S/C19H25N5O2/c1-12-11-16(21-17(25)10-9-13-5-2-3-6-13)24(23-12)19-20-15-8-4-7-14(15)18(26)22-19/h11,13H,2-10H2,1H3,(H,21,25)(H,20,22,26). The Kier molecular flexibility index (Phi) is 4.61. The van der Waals surface area contributed by atoms with E-state index in [9.17, 15) is 9.59 Å². The number of anilines is 1. The molecule has 2 aliphatic carbocycles. The van der Waals surface area contributed by atoms with Gasteiger partial charge in [0.1, 0.15) is 5.82 Å². The Bertz CT molecular complexity index is 877. The van der Waals surface area contributed by atoms with Crippen LogP contribution in [0.25, 0.3) is 5.95 Å². The molecule has 0 aliphatic heterocycles. The molecular weight excluding hydrogens is 330 g/mol. The molecule has 0 aromatic carbocycles. The first-order chi connectivity index (χ1) is 12.6. The lowest BCUT2D eigenvalue weighted by Gasteiger charge is -2.11. The fourth-order valence-corrected chi connectivity index (χ4v) is 4.12. The Morgan fingerprint density at radius 1 is 1.31 bits per heavy atom. The minimum atomic E-state index is -0.103. The Labute approximate surface area is 152 Å². The van der Waals surface area contributed by atoms with Gasteiger partial charge in [-0.05, 0) is 38.5 Å². The number of aryl methyl sites for hydroxylation is 2. The van der Waals surface area contributed by atoms with Crippen LogP contribution < -0.4 is 10.9 Å². The Morgan fingerprint density at radius 3 is 2.92 bits per heavy atom. The molecule has 2 N–H and O–H groups in total. The molecule has 2 aliphatic rings. The normalized spacial score (nSPS) is 16.8. The van der Waals surface area contributed by atoms with Crippen LogP contribution in [-0.2, 0) is 17.6 Å². The maximum absolute atomic E-state index is 12.4. The number of aromatic amines is 1. The van der Waals surface area contributed by atoms with Crippen LogP contribution in [0.4, 0.5) is 5.82 Å². The fraction of sp³-hybridized carbons (Fsp3) is 0.579. The van der Waals surface area contributed by atoms with Crippen LogP contribution in [0.15, 0.2) is 10.9 Å². The van der Waals surface area contributed by atoms with Crippen molar-refractivity contribution in [2.45, 2.75) is 64.7 Å². The lowest BCUT2D eigenvalue weighted by atomic mass is 10.0. The van der Waals surface area contributed by atoms with Gasteiger partial charge in [-0.25, -0.2) is 4.98 Å². The molecule has 0 saturated heterocycles. The second kappa shape index (κ2) is 7.05. The molecule has 0 bridgehead atoms. The van der Waals surface area contributed by atoms with Crippen LogP contribution in [0.2, 0.25) is 0 Å². The quantitative estimate of drug-likeness (QED) is 0.862. The number of hydrogen-bond donors (Lipinski definition) is 2. The van der Waals surface area contributed by atoms with Crippen molar-refractivity contribution in [1.82, 2.24) is 19.7 Å². The number of carbonyl (C=O) groups excluding carboxylic acids is 1. The highest BCUT2D eigenvalue weighted by Crippen LogP contribution is 2.28. The summed E-state index contributed by atoms with van der Waals surface area (Å²) in [6.45, 7) is 1.86. The maximum atomic E-state index is 12.4. The van der Waals surface area contributed by atoms with Gasteiger partial charge in [0.2, 0.25) is 11.9 Å². The average molecular weight is 355 g/mol. The predicted molar refractivity (Wildman–Crippen MR) is 98.6 cm³/mol. The van der Waals surface area contributed by atoms with Crippen LogP contribution in [0, 0.1) is 12.8 Å². The number of hydrogen-bond acceptors (Lipinski definition) is 4. The number of fused-ring (bicyclic) bond motifs is 1. The predicted octanol–water partition coefficient (Wildman–Crippen LogP) is 2.66. The number of H-pyrrole nitrogens is 1. The molecule has 0 radical (unpaired) electrons. The summed E-state index contributed by atoms with van der Waals surface area (Å²) in [6, 6.07) is 1.81. The average Bonchev–Trinajstić information content (AvgIpc) is 3.33. The van der Waals surface area contributed by atoms with Crippen LogP contribution >= 0.6 is 0 Å². The first-order valence-corrected chi connectivity index (χ1v) is 9.59. The minimum Gasteiger partial charge on any atom is -0.310 e. The van der Waals surface area contributed by atoms with E-state index >= 15 is 0 Å². The SMILES string of the molecule is Cc1cc(NC(=O)CCC2CCCC2)n(-c2nc3c(c(=O)[nH]2)CCC3)n1. The number of amides is 1. The lowest BCUT2D eigenvalue weighted by molar-refractivity contribution is -0.116. The molecule has 2 heterocycles. The molecule has 1 fully saturated rings. The van der Waals surface area contributed by atoms with Gasteiger partial charge < -0.3 is 5.32 Å². The minimum absolute atomic E-state index is 0.0124. The molecule has 2 aromatic rings. The summed E-state index contributed by atoms with van der Waals surface area (Å²) in [5.74, 6) is 1.60. The molecule has 1 amide bonds. The number of nitrogens with zero attached hydrogens (tertiary/aromatic N) is 3. The summed E-state index contributed by atoms with van der Waals surface area (Å²) in [6.07, 6.45) is 9.06. The highest BCUT2D eigenvalue weighted by molar-refractivity contribution is 5.90. The van der Waals surface area contributed by atoms with Gasteiger partial charge >= 0.3 is 0 Å². The Balaban J connectivity index is 1.52. The van der Waals surface area contributed by atoms with Crippen molar-refractivity contribution in [2.24, 2.45) is 5.92 Å². The van der Waals surface area contributed by atoms with E-state index in [1.54, 1.807) is 6.07 Å². The monoisotopic (exact) mass is 355 g/mol. The highest BCUT2D eigenvalue weighted by Gasteiger charge is 2.20. The number of nitrogens with one attached hydrogen (secondary N) is 2. The summed E-state index contributed by atoms with van der Waals surface area (Å²) in [7, 11) is 0. The van der Waals surface area contributed by atoms with Crippen molar-refractivity contribution in [3.63, 3.8) is 0 Å². The summed E-state index contributed by atoms with van der Waals surface area (Å²) >= 11 is 0. The smallest absolute Gasteiger partial charge is 0.255 e. The number of aromatic nitrogens is 4. The molecule has 138 valence electrons. The van der Waals surface area contributed by atoms with Crippen LogP contribution in [0.1, 0.15) is 61.9 Å². The van der Waals surface area contributed by atoms with E-state index in [1.165, 1.54) is 30.4 Å². The van der Waals surface area contributed by atoms with Gasteiger partial charge in [0, 0.05) is 18.1 Å². The second-order valence-electron chi connectivity index (χ2n) is 7.49. The third-order valence-corrected chi connectivity index (χ3v) is 5.48. The topological polar surface area (TPSA) is 92.7 Å². The zero-order chi connectivity index (χ0) is 18.1. The van der Waals surface area contributed by atoms with E-state index in [2.05, 4.69) is 20.4 Å². The first-order valence-electron chi connectivity index (χ1n) is 9.59. The third kappa shape index (κ3) is 3.43. The Morgan fingerprint density at radius 2 is 2.12 bits per heavy atom. The molecule has 7 heteroatoms. The zero-order valence-corrected chi connectivity index (χ0v) is 15.2. The van der Waals surface area contributed by atoms with Crippen LogP contribution in [0.5, 0.6) is 0 Å². The maximum Gasteiger partial charge on any atom is 0.255 e. The van der Waals surface area contributed by atoms with Gasteiger partial charge in [0.25, 0.3) is 5.56 Å². The molecule has 0 atom stereocenters. The van der Waals surface area contributed by atoms with Crippen molar-refractivity contribution in [2.75, 3.05) is 5.32 Å². The molecule has 0 unspecified atom stereocenters. The fourth-order valence-electron chi connectivity index (χ4n) is 4.12. The highest BCUT2D eigenvalue weighted by atomic mass is 16.1. The largest absolute Gasteiger partial charge is 0.310 e. The summed E-state index contributed by atoms with van der Waals surface area (Å²) in [5, 5.41) is 7.35. The van der Waals surface area contributed by atoms with Gasteiger partial charge in [0.15, 0.2) is 0 Å². The Hall–Kier alpha value is -2.44. The van der Waals surface area contributed by atoms with E-state index in [0.717, 1.165) is 42.6 Å². The molecule has 4 rings (SSSR count). The van der Waals surface area contributed by atoms with E-state index in [-0.39, 0.29) is 11.5 Å². The van der Waals surface area contributed by atoms with E-state index in [4.69, 9.17) is 0 Å². The molecular formula is C19H25N5O2. The zero-order valence-electron chi connectivity index (χ0n) is 15.2. The van der Waals surface area contributed by atoms with Crippen molar-refractivity contribution in [3.8, 4) is 5.95 Å². The van der Waals surface area contributed by atoms with Crippen molar-refractivity contribution >= 4 is 11.7 Å². The molecule has 7 nitrogen and oxygen atoms in total. The van der Waals surface area contributed by atoms with Crippen molar-refractivity contribution in [3.05, 3.63) is 33.4 Å². The molecule has 0 spiro atoms. The second-order valence-corrected chi connectivity index (χ2v) is 7.49. The molecule has 2 aromatic heterocycles. The van der Waals surface area contributed by atoms with Gasteiger partial charge in [0.05, 0.1) is 11.4 Å². The van der Waals surface area contributed by atoms with Crippen LogP contribution in [0.3, 0.4) is 0 Å². The third-order valence-electron chi connectivity index (χ3n) is 5.48. The van der Waals surface area contributed by atoms with Gasteiger partial charge in [-0.2, -0.15) is 9.78 Å². The van der Waals surface area contributed by atoms with E-state index in [0.29, 0.717) is 24.1 Å². The van der Waals surface area contributed by atoms with Gasteiger partial charge in [-0.1, -0.05) is 25.7 Å². The number of rotatable bonds is 5. The van der Waals surface area contributed by atoms with Gasteiger partial charge in [-0.15, -0.1) is 0 Å². The molecule has 1 saturated carbocycles. The van der Waals surface area contributed by atoms with Gasteiger partial charge in [-0.3, -0.25) is 14.6 Å². The van der Waals surface area contributed by atoms with Crippen molar-refractivity contribution in [1.29, 1.82) is 0 Å². The number of carbonyl (C=O) groups is 1. The lowest BCUT2D eigenvalue weighted by Crippen LogP contribution is -2.21. The van der Waals surface area contributed by atoms with Crippen molar-refractivity contribution < 1.29 is 4.79 Å². The van der Waals surface area contributed by atoms with E-state index < -0.39 is 0 Å². The first kappa shape index (κ1) is 17.0. The van der Waals surface area contributed by atoms with Crippen LogP contribution in [-0.4, -0.2) is 25.7 Å². The molecule has 26 heavy (non-hydrogen) atoms. The summed E-state index contributed by atoms with van der Waals surface area (Å²) in [4.78, 5) is 32.0.